The third kappa shape index (κ3) is 24.3. The van der Waals surface area contributed by atoms with Crippen molar-refractivity contribution in [2.75, 3.05) is 20.3 Å². The number of nitrogens with two attached hydrogens (primary N) is 1. The Balaban J connectivity index is 0. The van der Waals surface area contributed by atoms with Gasteiger partial charge in [0.15, 0.2) is 0 Å². The number of hydrogen-bond acceptors (Lipinski definition) is 5. The van der Waals surface area contributed by atoms with Gasteiger partial charge in [0.1, 0.15) is 0 Å². The first-order chi connectivity index (χ1) is 10.1. The molecule has 21 heavy (non-hydrogen) atoms. The summed E-state index contributed by atoms with van der Waals surface area (Å²) in [6.45, 7) is 4.47. The zero-order valence-corrected chi connectivity index (χ0v) is 14.0. The molecule has 0 spiro atoms. The number of hydrogen-bond donors (Lipinski definition) is 1. The topological polar surface area (TPSA) is 78.6 Å². The van der Waals surface area contributed by atoms with Crippen LogP contribution in [0.2, 0.25) is 0 Å². The van der Waals surface area contributed by atoms with Gasteiger partial charge in [-0.15, -0.1) is 0 Å². The van der Waals surface area contributed by atoms with Crippen LogP contribution in [0, 0.1) is 0 Å². The summed E-state index contributed by atoms with van der Waals surface area (Å²) in [6, 6.07) is 0. The van der Waals surface area contributed by atoms with Gasteiger partial charge in [0.05, 0.1) is 13.7 Å². The summed E-state index contributed by atoms with van der Waals surface area (Å²) in [7, 11) is 1.44. The van der Waals surface area contributed by atoms with Crippen molar-refractivity contribution in [2.45, 2.75) is 71.6 Å². The quantitative estimate of drug-likeness (QED) is 0.468. The van der Waals surface area contributed by atoms with E-state index in [-0.39, 0.29) is 11.9 Å². The van der Waals surface area contributed by atoms with Gasteiger partial charge in [0.2, 0.25) is 0 Å². The highest BCUT2D eigenvalue weighted by Crippen LogP contribution is 2.09. The van der Waals surface area contributed by atoms with Gasteiger partial charge in [-0.2, -0.15) is 0 Å². The van der Waals surface area contributed by atoms with Crippen molar-refractivity contribution in [2.24, 2.45) is 5.73 Å². The Kier molecular flexibility index (Phi) is 20.0. The number of ether oxygens (including phenoxy) is 2. The molecule has 2 N–H and O–H groups in total. The largest absolute Gasteiger partial charge is 0.469 e. The fourth-order valence-electron chi connectivity index (χ4n) is 1.78. The summed E-state index contributed by atoms with van der Waals surface area (Å²) in [6.07, 6.45) is 10.2. The highest BCUT2D eigenvalue weighted by Gasteiger charge is 1.98. The van der Waals surface area contributed by atoms with Crippen LogP contribution in [0.5, 0.6) is 0 Å². The molecule has 0 fully saturated rings. The third-order valence-electron chi connectivity index (χ3n) is 2.91. The van der Waals surface area contributed by atoms with Gasteiger partial charge in [-0.3, -0.25) is 9.59 Å². The molecule has 0 saturated heterocycles. The van der Waals surface area contributed by atoms with Crippen molar-refractivity contribution < 1.29 is 19.1 Å². The van der Waals surface area contributed by atoms with E-state index < -0.39 is 0 Å². The fraction of sp³-hybridized carbons (Fsp3) is 0.875. The van der Waals surface area contributed by atoms with Crippen molar-refractivity contribution in [1.29, 1.82) is 0 Å². The molecule has 0 heterocycles. The number of esters is 2. The Labute approximate surface area is 129 Å². The van der Waals surface area contributed by atoms with Crippen molar-refractivity contribution in [3.05, 3.63) is 0 Å². The summed E-state index contributed by atoms with van der Waals surface area (Å²) in [4.78, 5) is 20.6. The predicted molar refractivity (Wildman–Crippen MR) is 84.9 cm³/mol. The van der Waals surface area contributed by atoms with E-state index >= 15 is 0 Å². The normalized spacial score (nSPS) is 9.52. The van der Waals surface area contributed by atoms with Crippen LogP contribution in [0.1, 0.15) is 71.6 Å². The maximum Gasteiger partial charge on any atom is 0.305 e. The lowest BCUT2D eigenvalue weighted by Crippen LogP contribution is -1.99. The molecule has 5 nitrogen and oxygen atoms in total. The summed E-state index contributed by atoms with van der Waals surface area (Å²) < 4.78 is 8.97. The minimum atomic E-state index is -0.211. The van der Waals surface area contributed by atoms with Crippen LogP contribution in [0.25, 0.3) is 0 Å². The predicted octanol–water partition coefficient (Wildman–Crippen LogP) is 3.20. The Morgan fingerprint density at radius 1 is 0.905 bits per heavy atom. The van der Waals surface area contributed by atoms with E-state index in [1.165, 1.54) is 46.1 Å². The molecule has 0 aromatic carbocycles. The molecule has 0 aliphatic heterocycles. The maximum atomic E-state index is 10.8. The van der Waals surface area contributed by atoms with E-state index in [4.69, 9.17) is 5.73 Å². The van der Waals surface area contributed by atoms with Crippen LogP contribution in [-0.2, 0) is 19.1 Å². The number of carbonyl (C=O) groups is 2. The van der Waals surface area contributed by atoms with Crippen LogP contribution < -0.4 is 5.73 Å². The van der Waals surface area contributed by atoms with E-state index in [0.717, 1.165) is 25.8 Å². The fourth-order valence-corrected chi connectivity index (χ4v) is 1.78. The summed E-state index contributed by atoms with van der Waals surface area (Å²) in [5.74, 6) is -0.296. The second-order valence-electron chi connectivity index (χ2n) is 4.87. The van der Waals surface area contributed by atoms with Gasteiger partial charge in [0.25, 0.3) is 0 Å². The molecule has 0 bridgehead atoms. The van der Waals surface area contributed by atoms with Gasteiger partial charge >= 0.3 is 11.9 Å². The Bertz CT molecular complexity index is 244. The summed E-state index contributed by atoms with van der Waals surface area (Å²) in [5, 5.41) is 0. The number of rotatable bonds is 11. The second-order valence-corrected chi connectivity index (χ2v) is 4.87. The first kappa shape index (κ1) is 22.2. The standard InChI is InChI=1S/C12H25NO2.C4H8O2/c1-15-12(14)10-8-6-4-2-3-5-7-9-11-13;1-3-6-4(2)5/h2-11,13H2,1H3;3H2,1-2H3. The number of carbonyl (C=O) groups excluding carboxylic acids is 2. The van der Waals surface area contributed by atoms with Crippen LogP contribution in [0.15, 0.2) is 0 Å². The van der Waals surface area contributed by atoms with Gasteiger partial charge in [0, 0.05) is 13.3 Å². The Morgan fingerprint density at radius 2 is 1.38 bits per heavy atom. The zero-order chi connectivity index (χ0) is 16.3. The lowest BCUT2D eigenvalue weighted by Gasteiger charge is -2.01. The lowest BCUT2D eigenvalue weighted by molar-refractivity contribution is -0.141. The van der Waals surface area contributed by atoms with E-state index in [2.05, 4.69) is 9.47 Å². The SMILES string of the molecule is CCOC(C)=O.COC(=O)CCCCCCCCCCN. The van der Waals surface area contributed by atoms with Gasteiger partial charge < -0.3 is 15.2 Å². The van der Waals surface area contributed by atoms with E-state index in [1.54, 1.807) is 6.92 Å². The van der Waals surface area contributed by atoms with Crippen LogP contribution in [0.4, 0.5) is 0 Å². The minimum absolute atomic E-state index is 0.0852. The average Bonchev–Trinajstić information content (AvgIpc) is 2.45. The molecule has 0 aromatic rings. The van der Waals surface area contributed by atoms with Crippen molar-refractivity contribution in [3.8, 4) is 0 Å². The van der Waals surface area contributed by atoms with Gasteiger partial charge in [-0.25, -0.2) is 0 Å². The van der Waals surface area contributed by atoms with Crippen molar-refractivity contribution >= 4 is 11.9 Å². The Morgan fingerprint density at radius 3 is 1.71 bits per heavy atom. The first-order valence-corrected chi connectivity index (χ1v) is 7.98. The molecule has 0 saturated carbocycles. The molecule has 0 unspecified atom stereocenters. The van der Waals surface area contributed by atoms with E-state index in [1.807, 2.05) is 0 Å². The van der Waals surface area contributed by atoms with Gasteiger partial charge in [-0.1, -0.05) is 38.5 Å². The molecular weight excluding hydrogens is 270 g/mol. The van der Waals surface area contributed by atoms with Crippen molar-refractivity contribution in [1.82, 2.24) is 0 Å². The molecular formula is C16H33NO4. The molecule has 0 aliphatic rings. The third-order valence-corrected chi connectivity index (χ3v) is 2.91. The van der Waals surface area contributed by atoms with E-state index in [0.29, 0.717) is 13.0 Å². The molecule has 0 aliphatic carbocycles. The molecule has 0 aromatic heterocycles. The minimum Gasteiger partial charge on any atom is -0.469 e. The van der Waals surface area contributed by atoms with Gasteiger partial charge in [-0.05, 0) is 26.3 Å². The van der Waals surface area contributed by atoms with E-state index in [9.17, 15) is 9.59 Å². The number of methoxy groups -OCH3 is 1. The second kappa shape index (κ2) is 18.9. The smallest absolute Gasteiger partial charge is 0.305 e. The molecule has 0 rings (SSSR count). The highest BCUT2D eigenvalue weighted by atomic mass is 16.5. The van der Waals surface area contributed by atoms with Crippen LogP contribution >= 0.6 is 0 Å². The molecule has 0 radical (unpaired) electrons. The zero-order valence-electron chi connectivity index (χ0n) is 14.0. The molecule has 126 valence electrons. The Hall–Kier alpha value is -1.10. The van der Waals surface area contributed by atoms with Crippen molar-refractivity contribution in [3.63, 3.8) is 0 Å². The lowest BCUT2D eigenvalue weighted by atomic mass is 10.1. The maximum absolute atomic E-state index is 10.8. The van der Waals surface area contributed by atoms with Crippen LogP contribution in [-0.4, -0.2) is 32.2 Å². The monoisotopic (exact) mass is 303 g/mol. The first-order valence-electron chi connectivity index (χ1n) is 7.98. The molecule has 5 heteroatoms. The van der Waals surface area contributed by atoms with Crippen LogP contribution in [0.3, 0.4) is 0 Å². The summed E-state index contributed by atoms with van der Waals surface area (Å²) >= 11 is 0. The molecule has 0 atom stereocenters. The molecule has 0 amide bonds. The average molecular weight is 303 g/mol. The highest BCUT2D eigenvalue weighted by molar-refractivity contribution is 5.68. The number of unbranched alkanes of at least 4 members (excludes halogenated alkanes) is 7. The summed E-state index contributed by atoms with van der Waals surface area (Å²) in [5.41, 5.74) is 5.41.